The number of hydrogen-bond donors (Lipinski definition) is 1. The summed E-state index contributed by atoms with van der Waals surface area (Å²) in [6, 6.07) is 0. The van der Waals surface area contributed by atoms with Crippen molar-refractivity contribution in [2.45, 2.75) is 25.7 Å². The summed E-state index contributed by atoms with van der Waals surface area (Å²) >= 11 is 1.46. The van der Waals surface area contributed by atoms with Crippen molar-refractivity contribution < 1.29 is 5.11 Å². The van der Waals surface area contributed by atoms with Gasteiger partial charge in [0, 0.05) is 5.75 Å². The molecule has 1 N–H and O–H groups in total. The monoisotopic (exact) mass is 119 g/mol. The largest absolute Gasteiger partial charge is 0.383 e. The fourth-order valence-corrected chi connectivity index (χ4v) is 0.706. The molecule has 0 bridgehead atoms. The maximum atomic E-state index is 8.62. The van der Waals surface area contributed by atoms with Gasteiger partial charge < -0.3 is 5.11 Å². The van der Waals surface area contributed by atoms with E-state index in [-0.39, 0.29) is 5.44 Å². The normalized spacial score (nSPS) is 14.1. The summed E-state index contributed by atoms with van der Waals surface area (Å²) in [5.41, 5.74) is -0.236. The third-order valence-corrected chi connectivity index (χ3v) is 1.38. The van der Waals surface area contributed by atoms with Crippen LogP contribution in [0.5, 0.6) is 0 Å². The van der Waals surface area contributed by atoms with Crippen molar-refractivity contribution >= 4 is 11.8 Å². The van der Waals surface area contributed by atoms with E-state index in [2.05, 4.69) is 6.92 Å². The third-order valence-electron chi connectivity index (χ3n) is 0.460. The highest BCUT2D eigenvalue weighted by Crippen LogP contribution is 2.11. The van der Waals surface area contributed by atoms with Gasteiger partial charge in [-0.25, -0.2) is 0 Å². The second-order valence-electron chi connectivity index (χ2n) is 1.31. The van der Waals surface area contributed by atoms with Crippen LogP contribution in [0.3, 0.4) is 0 Å². The average Bonchev–Trinajstić information content (AvgIpc) is 1.61. The van der Waals surface area contributed by atoms with Crippen molar-refractivity contribution in [1.29, 1.82) is 0 Å². The first-order valence-corrected chi connectivity index (χ1v) is 3.37. The predicted octanol–water partition coefficient (Wildman–Crippen LogP) is 1.63. The van der Waals surface area contributed by atoms with Gasteiger partial charge in [-0.3, -0.25) is 0 Å². The van der Waals surface area contributed by atoms with E-state index in [1.807, 2.05) is 5.75 Å². The van der Waals surface area contributed by atoms with Gasteiger partial charge in [0.05, 0.1) is 5.44 Å². The molecule has 1 atom stereocenters. The predicted molar refractivity (Wildman–Crippen MR) is 33.9 cm³/mol. The van der Waals surface area contributed by atoms with Gasteiger partial charge >= 0.3 is 0 Å². The van der Waals surface area contributed by atoms with Crippen LogP contribution in [0, 0.1) is 5.75 Å². The minimum Gasteiger partial charge on any atom is -0.383 e. The number of hydrogen-bond acceptors (Lipinski definition) is 2. The van der Waals surface area contributed by atoms with E-state index in [0.29, 0.717) is 0 Å². The van der Waals surface area contributed by atoms with Crippen LogP contribution in [0.2, 0.25) is 0 Å². The van der Waals surface area contributed by atoms with Crippen LogP contribution in [0.15, 0.2) is 0 Å². The lowest BCUT2D eigenvalue weighted by Crippen LogP contribution is -1.89. The molecule has 0 aliphatic carbocycles. The van der Waals surface area contributed by atoms with Crippen molar-refractivity contribution in [2.24, 2.45) is 0 Å². The molecule has 1 radical (unpaired) electrons. The second kappa shape index (κ2) is 4.47. The molecule has 43 valence electrons. The zero-order valence-corrected chi connectivity index (χ0v) is 5.53. The van der Waals surface area contributed by atoms with Gasteiger partial charge in [0.15, 0.2) is 0 Å². The lowest BCUT2D eigenvalue weighted by atomic mass is 10.6. The fourth-order valence-electron chi connectivity index (χ4n) is 0.235. The molecule has 0 spiro atoms. The molecule has 0 rings (SSSR count). The molecule has 1 unspecified atom stereocenters. The zero-order valence-electron chi connectivity index (χ0n) is 4.72. The Bertz CT molecular complexity index is 37.1. The van der Waals surface area contributed by atoms with Crippen molar-refractivity contribution in [3.63, 3.8) is 0 Å². The van der Waals surface area contributed by atoms with Gasteiger partial charge in [-0.2, -0.15) is 0 Å². The first-order chi connectivity index (χ1) is 3.27. The van der Waals surface area contributed by atoms with E-state index in [9.17, 15) is 0 Å². The van der Waals surface area contributed by atoms with Crippen LogP contribution in [-0.2, 0) is 0 Å². The van der Waals surface area contributed by atoms with E-state index in [1.54, 1.807) is 6.92 Å². The molecule has 0 fully saturated rings. The molecule has 0 heterocycles. The van der Waals surface area contributed by atoms with E-state index in [4.69, 9.17) is 5.11 Å². The molecule has 0 amide bonds. The van der Waals surface area contributed by atoms with Crippen molar-refractivity contribution in [3.8, 4) is 0 Å². The molecular formula is C5H11OS. The van der Waals surface area contributed by atoms with E-state index >= 15 is 0 Å². The Morgan fingerprint density at radius 3 is 2.57 bits per heavy atom. The summed E-state index contributed by atoms with van der Waals surface area (Å²) in [4.78, 5) is 0. The van der Waals surface area contributed by atoms with Crippen LogP contribution in [0.25, 0.3) is 0 Å². The summed E-state index contributed by atoms with van der Waals surface area (Å²) in [6.45, 7) is 3.81. The SMILES string of the molecule is CC[CH]SC(C)O. The van der Waals surface area contributed by atoms with Crippen molar-refractivity contribution in [1.82, 2.24) is 0 Å². The molecular weight excluding hydrogens is 108 g/mol. The molecule has 0 saturated heterocycles. The fraction of sp³-hybridized carbons (Fsp3) is 0.800. The lowest BCUT2D eigenvalue weighted by molar-refractivity contribution is 0.284. The van der Waals surface area contributed by atoms with Crippen LogP contribution in [0.4, 0.5) is 0 Å². The standard InChI is InChI=1S/C5H11OS/c1-3-4-7-5(2)6/h4-6H,3H2,1-2H3. The topological polar surface area (TPSA) is 20.2 Å². The van der Waals surface area contributed by atoms with E-state index < -0.39 is 0 Å². The van der Waals surface area contributed by atoms with Gasteiger partial charge in [0.2, 0.25) is 0 Å². The molecule has 2 heteroatoms. The first kappa shape index (κ1) is 7.31. The minimum atomic E-state index is -0.236. The highest BCUT2D eigenvalue weighted by Gasteiger charge is 1.90. The highest BCUT2D eigenvalue weighted by molar-refractivity contribution is 8.01. The molecule has 0 aliphatic heterocycles. The molecule has 7 heavy (non-hydrogen) atoms. The molecule has 1 nitrogen and oxygen atoms in total. The number of thioether (sulfide) groups is 1. The number of rotatable bonds is 3. The Morgan fingerprint density at radius 2 is 2.43 bits per heavy atom. The van der Waals surface area contributed by atoms with Crippen molar-refractivity contribution in [2.75, 3.05) is 0 Å². The van der Waals surface area contributed by atoms with Gasteiger partial charge in [0.1, 0.15) is 0 Å². The summed E-state index contributed by atoms with van der Waals surface area (Å²) in [6.07, 6.45) is 1.02. The maximum absolute atomic E-state index is 8.62. The Hall–Kier alpha value is 0.310. The Labute approximate surface area is 49.1 Å². The molecule has 0 aliphatic rings. The van der Waals surface area contributed by atoms with Gasteiger partial charge in [-0.05, 0) is 13.3 Å². The third kappa shape index (κ3) is 6.31. The molecule has 0 saturated carbocycles. The minimum absolute atomic E-state index is 0.236. The summed E-state index contributed by atoms with van der Waals surface area (Å²) in [5.74, 6) is 1.99. The Balaban J connectivity index is 2.68. The van der Waals surface area contributed by atoms with E-state index in [1.165, 1.54) is 11.8 Å². The quantitative estimate of drug-likeness (QED) is 0.570. The van der Waals surface area contributed by atoms with Crippen LogP contribution >= 0.6 is 11.8 Å². The summed E-state index contributed by atoms with van der Waals surface area (Å²) in [5, 5.41) is 8.62. The highest BCUT2D eigenvalue weighted by atomic mass is 32.2. The van der Waals surface area contributed by atoms with Gasteiger partial charge in [-0.1, -0.05) is 6.92 Å². The Kier molecular flexibility index (Phi) is 4.67. The average molecular weight is 119 g/mol. The molecule has 0 aromatic rings. The van der Waals surface area contributed by atoms with Crippen LogP contribution in [-0.4, -0.2) is 10.5 Å². The summed E-state index contributed by atoms with van der Waals surface area (Å²) in [7, 11) is 0. The second-order valence-corrected chi connectivity index (χ2v) is 2.60. The van der Waals surface area contributed by atoms with Gasteiger partial charge in [0.25, 0.3) is 0 Å². The smallest absolute Gasteiger partial charge is 0.0967 e. The lowest BCUT2D eigenvalue weighted by Gasteiger charge is -1.98. The summed E-state index contributed by atoms with van der Waals surface area (Å²) < 4.78 is 0. The number of aliphatic hydroxyl groups is 1. The van der Waals surface area contributed by atoms with Crippen LogP contribution < -0.4 is 0 Å². The van der Waals surface area contributed by atoms with E-state index in [0.717, 1.165) is 6.42 Å². The maximum Gasteiger partial charge on any atom is 0.0967 e. The Morgan fingerprint density at radius 1 is 1.86 bits per heavy atom. The first-order valence-electron chi connectivity index (χ1n) is 2.42. The van der Waals surface area contributed by atoms with Crippen molar-refractivity contribution in [3.05, 3.63) is 5.75 Å². The molecule has 0 aromatic heterocycles. The number of aliphatic hydroxyl groups excluding tert-OH is 1. The zero-order chi connectivity index (χ0) is 5.70. The molecule has 0 aromatic carbocycles. The van der Waals surface area contributed by atoms with Gasteiger partial charge in [-0.15, -0.1) is 11.8 Å². The van der Waals surface area contributed by atoms with Crippen LogP contribution in [0.1, 0.15) is 20.3 Å².